The fourth-order valence-electron chi connectivity index (χ4n) is 4.53. The molecule has 208 valence electrons. The number of benzene rings is 2. The number of halogens is 1. The zero-order valence-electron chi connectivity index (χ0n) is 21.5. The van der Waals surface area contributed by atoms with Crippen molar-refractivity contribution in [2.75, 3.05) is 26.3 Å². The minimum Gasteiger partial charge on any atom is -0.391 e. The van der Waals surface area contributed by atoms with Gasteiger partial charge in [-0.15, -0.1) is 5.10 Å². The fourth-order valence-corrected chi connectivity index (χ4v) is 6.04. The number of aromatic amines is 1. The standard InChI is InChI=1S/C25H28FN5O7S/c1-13-4-7-18(26)20(14(13)2)15(3)21(23-28-29-25(34)38-23)30-39(35,36)19-12-16(5-6-17(19)22(27)32)24(33)31-8-10-37-11-9-31/h4-7,12,15,21,30H,8-11H2,1-3H3,(H2,27,32)(H,29,34)/t15-,21+/m1/s1. The Labute approximate surface area is 223 Å². The van der Waals surface area contributed by atoms with E-state index in [4.69, 9.17) is 14.9 Å². The molecule has 3 aromatic rings. The number of hydrogen-bond acceptors (Lipinski definition) is 8. The first kappa shape index (κ1) is 28.1. The smallest absolute Gasteiger partial charge is 0.391 e. The number of nitrogens with two attached hydrogens (primary N) is 1. The van der Waals surface area contributed by atoms with Crippen LogP contribution in [0.1, 0.15) is 62.2 Å². The molecule has 0 bridgehead atoms. The highest BCUT2D eigenvalue weighted by molar-refractivity contribution is 7.89. The number of hydrogen-bond donors (Lipinski definition) is 3. The predicted octanol–water partition coefficient (Wildman–Crippen LogP) is 1.51. The lowest BCUT2D eigenvalue weighted by molar-refractivity contribution is 0.0302. The molecule has 1 aliphatic rings. The second kappa shape index (κ2) is 11.1. The van der Waals surface area contributed by atoms with Crippen molar-refractivity contribution in [1.29, 1.82) is 0 Å². The van der Waals surface area contributed by atoms with Crippen molar-refractivity contribution in [3.63, 3.8) is 0 Å². The van der Waals surface area contributed by atoms with Gasteiger partial charge in [-0.1, -0.05) is 13.0 Å². The van der Waals surface area contributed by atoms with Crippen LogP contribution in [-0.2, 0) is 14.8 Å². The van der Waals surface area contributed by atoms with E-state index in [1.165, 1.54) is 17.0 Å². The van der Waals surface area contributed by atoms with Crippen molar-refractivity contribution in [1.82, 2.24) is 19.8 Å². The summed E-state index contributed by atoms with van der Waals surface area (Å²) in [7, 11) is -4.63. The first-order chi connectivity index (χ1) is 18.4. The molecular formula is C25H28FN5O7S. The van der Waals surface area contributed by atoms with E-state index in [0.29, 0.717) is 31.9 Å². The minimum atomic E-state index is -4.63. The molecule has 0 saturated carbocycles. The first-order valence-electron chi connectivity index (χ1n) is 12.0. The second-order valence-corrected chi connectivity index (χ2v) is 10.9. The number of aromatic nitrogens is 2. The molecule has 0 unspecified atom stereocenters. The maximum absolute atomic E-state index is 15.0. The number of sulfonamides is 1. The van der Waals surface area contributed by atoms with Crippen LogP contribution in [-0.4, -0.2) is 61.6 Å². The number of nitrogens with zero attached hydrogens (tertiary/aromatic N) is 2. The van der Waals surface area contributed by atoms with Gasteiger partial charge >= 0.3 is 5.76 Å². The van der Waals surface area contributed by atoms with E-state index >= 15 is 0 Å². The van der Waals surface area contributed by atoms with Crippen LogP contribution in [0.2, 0.25) is 0 Å². The number of primary amides is 1. The van der Waals surface area contributed by atoms with Crippen molar-refractivity contribution in [2.24, 2.45) is 5.73 Å². The third-order valence-electron chi connectivity index (χ3n) is 6.77. The summed E-state index contributed by atoms with van der Waals surface area (Å²) in [4.78, 5) is 37.9. The van der Waals surface area contributed by atoms with Gasteiger partial charge in [-0.05, 0) is 54.8 Å². The Morgan fingerprint density at radius 2 is 1.87 bits per heavy atom. The minimum absolute atomic E-state index is 0.0127. The van der Waals surface area contributed by atoms with Gasteiger partial charge in [-0.25, -0.2) is 22.7 Å². The SMILES string of the molecule is Cc1ccc(F)c([C@@H](C)[C@H](NS(=O)(=O)c2cc(C(=O)N3CCOCC3)ccc2C(N)=O)c2n[nH]c(=O)o2)c1C. The Morgan fingerprint density at radius 1 is 1.18 bits per heavy atom. The van der Waals surface area contributed by atoms with Crippen LogP contribution in [0, 0.1) is 19.7 Å². The monoisotopic (exact) mass is 561 g/mol. The average molecular weight is 562 g/mol. The summed E-state index contributed by atoms with van der Waals surface area (Å²) < 4.78 is 55.2. The number of nitrogens with one attached hydrogen (secondary N) is 2. The van der Waals surface area contributed by atoms with Crippen LogP contribution >= 0.6 is 0 Å². The lowest BCUT2D eigenvalue weighted by Gasteiger charge is -2.27. The number of aryl methyl sites for hydroxylation is 1. The summed E-state index contributed by atoms with van der Waals surface area (Å²) in [5, 5.41) is 5.85. The Morgan fingerprint density at radius 3 is 2.49 bits per heavy atom. The van der Waals surface area contributed by atoms with Crippen molar-refractivity contribution in [3.8, 4) is 0 Å². The van der Waals surface area contributed by atoms with Gasteiger partial charge in [0.05, 0.1) is 23.7 Å². The van der Waals surface area contributed by atoms with Gasteiger partial charge in [0.2, 0.25) is 21.8 Å². The average Bonchev–Trinajstić information content (AvgIpc) is 3.35. The number of H-pyrrole nitrogens is 1. The fraction of sp³-hybridized carbons (Fsp3) is 0.360. The van der Waals surface area contributed by atoms with Crippen LogP contribution in [0.3, 0.4) is 0 Å². The first-order valence-corrected chi connectivity index (χ1v) is 13.5. The van der Waals surface area contributed by atoms with Crippen molar-refractivity contribution < 1.29 is 31.6 Å². The summed E-state index contributed by atoms with van der Waals surface area (Å²) >= 11 is 0. The maximum atomic E-state index is 15.0. The Kier molecular flexibility index (Phi) is 7.99. The van der Waals surface area contributed by atoms with Crippen molar-refractivity contribution in [3.05, 3.63) is 80.4 Å². The molecule has 1 fully saturated rings. The Hall–Kier alpha value is -3.88. The van der Waals surface area contributed by atoms with E-state index in [2.05, 4.69) is 14.9 Å². The molecule has 12 nitrogen and oxygen atoms in total. The molecule has 1 saturated heterocycles. The second-order valence-electron chi connectivity index (χ2n) is 9.22. The van der Waals surface area contributed by atoms with Crippen LogP contribution < -0.4 is 16.2 Å². The molecule has 4 N–H and O–H groups in total. The van der Waals surface area contributed by atoms with E-state index in [0.717, 1.165) is 17.7 Å². The molecule has 0 aliphatic carbocycles. The summed E-state index contributed by atoms with van der Waals surface area (Å²) in [6.07, 6.45) is 0. The van der Waals surface area contributed by atoms with E-state index in [1.54, 1.807) is 26.8 Å². The summed E-state index contributed by atoms with van der Waals surface area (Å²) in [5.41, 5.74) is 6.62. The highest BCUT2D eigenvalue weighted by atomic mass is 32.2. The lowest BCUT2D eigenvalue weighted by atomic mass is 9.88. The highest BCUT2D eigenvalue weighted by Gasteiger charge is 2.35. The van der Waals surface area contributed by atoms with Crippen LogP contribution in [0.4, 0.5) is 4.39 Å². The largest absolute Gasteiger partial charge is 0.434 e. The summed E-state index contributed by atoms with van der Waals surface area (Å²) in [6, 6.07) is 4.98. The van der Waals surface area contributed by atoms with Gasteiger partial charge in [-0.2, -0.15) is 4.72 Å². The number of ether oxygens (including phenoxy) is 1. The van der Waals surface area contributed by atoms with Crippen LogP contribution in [0.25, 0.3) is 0 Å². The number of carbonyl (C=O) groups is 2. The quantitative estimate of drug-likeness (QED) is 0.370. The van der Waals surface area contributed by atoms with Crippen LogP contribution in [0.5, 0.6) is 0 Å². The van der Waals surface area contributed by atoms with Crippen molar-refractivity contribution in [2.45, 2.75) is 37.6 Å². The topological polar surface area (TPSA) is 178 Å². The van der Waals surface area contributed by atoms with Gasteiger partial charge in [0.1, 0.15) is 11.9 Å². The molecule has 0 radical (unpaired) electrons. The zero-order valence-corrected chi connectivity index (χ0v) is 22.3. The summed E-state index contributed by atoms with van der Waals surface area (Å²) in [5.74, 6) is -4.31. The molecule has 39 heavy (non-hydrogen) atoms. The van der Waals surface area contributed by atoms with Gasteiger partial charge in [0, 0.05) is 24.6 Å². The van der Waals surface area contributed by atoms with E-state index < -0.39 is 50.3 Å². The van der Waals surface area contributed by atoms with Gasteiger partial charge in [0.25, 0.3) is 5.91 Å². The molecule has 0 spiro atoms. The highest BCUT2D eigenvalue weighted by Crippen LogP contribution is 2.35. The zero-order chi connectivity index (χ0) is 28.5. The molecule has 1 aliphatic heterocycles. The molecule has 1 aromatic heterocycles. The van der Waals surface area contributed by atoms with Gasteiger partial charge < -0.3 is 19.8 Å². The normalized spacial score (nSPS) is 15.6. The molecule has 2 atom stereocenters. The third-order valence-corrected chi connectivity index (χ3v) is 8.25. The van der Waals surface area contributed by atoms with E-state index in [1.807, 2.05) is 0 Å². The number of rotatable bonds is 8. The number of carbonyl (C=O) groups excluding carboxylic acids is 2. The molecule has 4 rings (SSSR count). The molecule has 2 aromatic carbocycles. The van der Waals surface area contributed by atoms with Crippen molar-refractivity contribution >= 4 is 21.8 Å². The number of amides is 2. The van der Waals surface area contributed by atoms with Gasteiger partial charge in [0.15, 0.2) is 0 Å². The Bertz CT molecular complexity index is 1580. The number of morpholine rings is 1. The van der Waals surface area contributed by atoms with E-state index in [9.17, 15) is 27.2 Å². The molecule has 14 heteroatoms. The molecule has 2 amide bonds. The summed E-state index contributed by atoms with van der Waals surface area (Å²) in [6.45, 7) is 6.30. The molecular weight excluding hydrogens is 533 g/mol. The Balaban J connectivity index is 1.79. The lowest BCUT2D eigenvalue weighted by Crippen LogP contribution is -2.41. The maximum Gasteiger partial charge on any atom is 0.434 e. The van der Waals surface area contributed by atoms with Crippen LogP contribution in [0.15, 0.2) is 44.4 Å². The molecule has 2 heterocycles. The van der Waals surface area contributed by atoms with Gasteiger partial charge in [-0.3, -0.25) is 9.59 Å². The third kappa shape index (κ3) is 5.77. The van der Waals surface area contributed by atoms with E-state index in [-0.39, 0.29) is 22.6 Å². The predicted molar refractivity (Wildman–Crippen MR) is 136 cm³/mol.